The first-order chi connectivity index (χ1) is 15.6. The Morgan fingerprint density at radius 3 is 2.69 bits per heavy atom. The number of allylic oxidation sites excluding steroid dienone is 1. The van der Waals surface area contributed by atoms with Crippen molar-refractivity contribution in [2.75, 3.05) is 32.1 Å². The van der Waals surface area contributed by atoms with Crippen LogP contribution in [0.25, 0.3) is 6.08 Å². The van der Waals surface area contributed by atoms with Crippen molar-refractivity contribution in [3.05, 3.63) is 101 Å². The zero-order valence-corrected chi connectivity index (χ0v) is 18.4. The van der Waals surface area contributed by atoms with Crippen LogP contribution in [0.2, 0.25) is 0 Å². The van der Waals surface area contributed by atoms with Crippen LogP contribution in [0, 0.1) is 0 Å². The Hall–Kier alpha value is -3.86. The van der Waals surface area contributed by atoms with Gasteiger partial charge in [-0.3, -0.25) is 9.79 Å². The summed E-state index contributed by atoms with van der Waals surface area (Å²) in [5.41, 5.74) is 5.95. The number of nitrogens with zero attached hydrogens (tertiary/aromatic N) is 2. The van der Waals surface area contributed by atoms with Crippen LogP contribution < -0.4 is 15.0 Å². The van der Waals surface area contributed by atoms with Crippen molar-refractivity contribution in [3.63, 3.8) is 0 Å². The fourth-order valence-electron chi connectivity index (χ4n) is 3.68. The summed E-state index contributed by atoms with van der Waals surface area (Å²) >= 11 is 0. The molecule has 0 unspecified atom stereocenters. The molecule has 162 valence electrons. The molecule has 3 aromatic carbocycles. The summed E-state index contributed by atoms with van der Waals surface area (Å²) in [5.74, 6) is 0.675. The highest BCUT2D eigenvalue weighted by Gasteiger charge is 2.13. The van der Waals surface area contributed by atoms with E-state index in [1.807, 2.05) is 60.7 Å². The molecule has 0 aromatic heterocycles. The summed E-state index contributed by atoms with van der Waals surface area (Å²) in [6.45, 7) is 2.11. The second-order valence-corrected chi connectivity index (χ2v) is 7.70. The summed E-state index contributed by atoms with van der Waals surface area (Å²) < 4.78 is 5.23. The van der Waals surface area contributed by atoms with Gasteiger partial charge in [0.15, 0.2) is 0 Å². The zero-order valence-electron chi connectivity index (χ0n) is 18.4. The van der Waals surface area contributed by atoms with Gasteiger partial charge >= 0.3 is 0 Å². The highest BCUT2D eigenvalue weighted by Crippen LogP contribution is 2.23. The summed E-state index contributed by atoms with van der Waals surface area (Å²) in [5, 5.41) is 2.96. The van der Waals surface area contributed by atoms with E-state index in [0.717, 1.165) is 41.2 Å². The minimum atomic E-state index is -0.103. The van der Waals surface area contributed by atoms with Crippen LogP contribution >= 0.6 is 0 Å². The molecule has 0 radical (unpaired) electrons. The summed E-state index contributed by atoms with van der Waals surface area (Å²) in [6, 6.07) is 23.6. The SMILES string of the molecule is COc1cccc(CNC(=O)c2ccc(C=CC3=NCCN(C)c4ccccc43)cc2)c1. The molecule has 32 heavy (non-hydrogen) atoms. The molecule has 3 aromatic rings. The van der Waals surface area contributed by atoms with Gasteiger partial charge in [0.25, 0.3) is 5.91 Å². The van der Waals surface area contributed by atoms with E-state index in [-0.39, 0.29) is 5.91 Å². The summed E-state index contributed by atoms with van der Waals surface area (Å²) in [4.78, 5) is 19.5. The van der Waals surface area contributed by atoms with Crippen molar-refractivity contribution in [3.8, 4) is 5.75 Å². The number of carbonyl (C=O) groups excluding carboxylic acids is 1. The molecule has 0 fully saturated rings. The van der Waals surface area contributed by atoms with E-state index >= 15 is 0 Å². The molecule has 1 N–H and O–H groups in total. The minimum Gasteiger partial charge on any atom is -0.497 e. The largest absolute Gasteiger partial charge is 0.497 e. The van der Waals surface area contributed by atoms with E-state index in [1.165, 1.54) is 5.69 Å². The molecule has 4 rings (SSSR count). The molecular formula is C27H27N3O2. The molecule has 0 bridgehead atoms. The number of anilines is 1. The molecule has 5 nitrogen and oxygen atoms in total. The van der Waals surface area contributed by atoms with Crippen LogP contribution in [-0.4, -0.2) is 38.9 Å². The lowest BCUT2D eigenvalue weighted by Crippen LogP contribution is -2.22. The van der Waals surface area contributed by atoms with E-state index < -0.39 is 0 Å². The third-order valence-corrected chi connectivity index (χ3v) is 5.50. The number of hydrogen-bond acceptors (Lipinski definition) is 4. The Morgan fingerprint density at radius 1 is 1.06 bits per heavy atom. The van der Waals surface area contributed by atoms with E-state index in [9.17, 15) is 4.79 Å². The van der Waals surface area contributed by atoms with E-state index in [0.29, 0.717) is 12.1 Å². The van der Waals surface area contributed by atoms with Gasteiger partial charge in [0.05, 0.1) is 19.4 Å². The molecule has 1 heterocycles. The molecule has 0 saturated carbocycles. The third-order valence-electron chi connectivity index (χ3n) is 5.50. The smallest absolute Gasteiger partial charge is 0.251 e. The average molecular weight is 426 g/mol. The minimum absolute atomic E-state index is 0.103. The number of amides is 1. The Balaban J connectivity index is 1.41. The van der Waals surface area contributed by atoms with Crippen molar-refractivity contribution in [2.24, 2.45) is 4.99 Å². The van der Waals surface area contributed by atoms with Gasteiger partial charge in [0, 0.05) is 37.0 Å². The number of carbonyl (C=O) groups is 1. The quantitative estimate of drug-likeness (QED) is 0.629. The topological polar surface area (TPSA) is 53.9 Å². The number of para-hydroxylation sites is 1. The maximum Gasteiger partial charge on any atom is 0.251 e. The van der Waals surface area contributed by atoms with Gasteiger partial charge in [-0.1, -0.05) is 48.5 Å². The molecule has 5 heteroatoms. The maximum atomic E-state index is 12.5. The zero-order chi connectivity index (χ0) is 22.3. The van der Waals surface area contributed by atoms with Crippen molar-refractivity contribution < 1.29 is 9.53 Å². The standard InChI is InChI=1S/C27H27N3O2/c1-30-17-16-28-25(24-8-3-4-9-26(24)30)15-12-20-10-13-22(14-11-20)27(31)29-19-21-6-5-7-23(18-21)32-2/h3-15,18H,16-17,19H2,1-2H3,(H,29,31). The first-order valence-corrected chi connectivity index (χ1v) is 10.7. The number of aliphatic imine (C=N–C) groups is 1. The Labute approximate surface area is 189 Å². The van der Waals surface area contributed by atoms with E-state index in [4.69, 9.17) is 9.73 Å². The predicted molar refractivity (Wildman–Crippen MR) is 131 cm³/mol. The summed E-state index contributed by atoms with van der Waals surface area (Å²) in [6.07, 6.45) is 4.09. The van der Waals surface area contributed by atoms with Gasteiger partial charge in [0.2, 0.25) is 0 Å². The Kier molecular flexibility index (Phi) is 6.66. The van der Waals surface area contributed by atoms with Crippen LogP contribution in [-0.2, 0) is 6.54 Å². The van der Waals surface area contributed by atoms with Gasteiger partial charge in [-0.05, 0) is 47.5 Å². The Bertz CT molecular complexity index is 1150. The lowest BCUT2D eigenvalue weighted by molar-refractivity contribution is 0.0951. The van der Waals surface area contributed by atoms with Crippen LogP contribution in [0.3, 0.4) is 0 Å². The fourth-order valence-corrected chi connectivity index (χ4v) is 3.68. The molecule has 0 spiro atoms. The average Bonchev–Trinajstić information content (AvgIpc) is 3.00. The fraction of sp³-hybridized carbons (Fsp3) is 0.185. The number of rotatable bonds is 6. The number of likely N-dealkylation sites (N-methyl/N-ethyl adjacent to an activating group) is 1. The van der Waals surface area contributed by atoms with Gasteiger partial charge in [0.1, 0.15) is 5.75 Å². The van der Waals surface area contributed by atoms with Crippen LogP contribution in [0.15, 0.2) is 83.9 Å². The molecule has 0 aliphatic carbocycles. The number of methoxy groups -OCH3 is 1. The molecule has 0 saturated heterocycles. The second-order valence-electron chi connectivity index (χ2n) is 7.70. The van der Waals surface area contributed by atoms with E-state index in [2.05, 4.69) is 41.5 Å². The molecule has 1 aliphatic rings. The first kappa shape index (κ1) is 21.4. The number of hydrogen-bond donors (Lipinski definition) is 1. The normalized spacial score (nSPS) is 13.3. The monoisotopic (exact) mass is 425 g/mol. The number of benzene rings is 3. The van der Waals surface area contributed by atoms with Gasteiger partial charge in [-0.2, -0.15) is 0 Å². The van der Waals surface area contributed by atoms with Crippen molar-refractivity contribution >= 4 is 23.4 Å². The van der Waals surface area contributed by atoms with Crippen molar-refractivity contribution in [1.82, 2.24) is 5.32 Å². The highest BCUT2D eigenvalue weighted by atomic mass is 16.5. The van der Waals surface area contributed by atoms with Gasteiger partial charge in [-0.25, -0.2) is 0 Å². The number of fused-ring (bicyclic) bond motifs is 1. The van der Waals surface area contributed by atoms with E-state index in [1.54, 1.807) is 7.11 Å². The lowest BCUT2D eigenvalue weighted by Gasteiger charge is -2.18. The highest BCUT2D eigenvalue weighted by molar-refractivity contribution is 6.14. The van der Waals surface area contributed by atoms with Crippen molar-refractivity contribution in [1.29, 1.82) is 0 Å². The van der Waals surface area contributed by atoms with Gasteiger partial charge < -0.3 is 15.0 Å². The molecule has 1 amide bonds. The molecular weight excluding hydrogens is 398 g/mol. The van der Waals surface area contributed by atoms with Crippen LogP contribution in [0.1, 0.15) is 27.0 Å². The maximum absolute atomic E-state index is 12.5. The Morgan fingerprint density at radius 2 is 1.88 bits per heavy atom. The number of benzodiazepines with no additional fused rings is 1. The molecule has 1 aliphatic heterocycles. The van der Waals surface area contributed by atoms with Crippen molar-refractivity contribution in [2.45, 2.75) is 6.54 Å². The molecule has 0 atom stereocenters. The van der Waals surface area contributed by atoms with Gasteiger partial charge in [-0.15, -0.1) is 0 Å². The second kappa shape index (κ2) is 9.96. The number of nitrogens with one attached hydrogen (secondary N) is 1. The lowest BCUT2D eigenvalue weighted by atomic mass is 10.0. The number of ether oxygens (including phenoxy) is 1. The third kappa shape index (κ3) is 5.06. The van der Waals surface area contributed by atoms with Crippen LogP contribution in [0.5, 0.6) is 5.75 Å². The van der Waals surface area contributed by atoms with Crippen LogP contribution in [0.4, 0.5) is 5.69 Å². The summed E-state index contributed by atoms with van der Waals surface area (Å²) in [7, 11) is 3.73. The first-order valence-electron chi connectivity index (χ1n) is 10.7. The predicted octanol–water partition coefficient (Wildman–Crippen LogP) is 4.58.